The number of oxime groups is 1. The molecular weight excluding hydrogens is 324 g/mol. The summed E-state index contributed by atoms with van der Waals surface area (Å²) in [6.07, 6.45) is 2.34. The van der Waals surface area contributed by atoms with Gasteiger partial charge in [0.25, 0.3) is 0 Å². The van der Waals surface area contributed by atoms with Crippen molar-refractivity contribution in [3.05, 3.63) is 88.7 Å². The van der Waals surface area contributed by atoms with Gasteiger partial charge in [-0.1, -0.05) is 41.6 Å². The highest BCUT2D eigenvalue weighted by Gasteiger charge is 2.30. The van der Waals surface area contributed by atoms with Crippen LogP contribution in [0.5, 0.6) is 0 Å². The van der Waals surface area contributed by atoms with E-state index >= 15 is 0 Å². The Kier molecular flexibility index (Phi) is 4.27. The predicted octanol–water partition coefficient (Wildman–Crippen LogP) is 4.26. The molecule has 0 saturated carbocycles. The fraction of sp³-hybridized carbons (Fsp3) is 0.182. The molecule has 1 atom stereocenters. The van der Waals surface area contributed by atoms with Gasteiger partial charge in [0, 0.05) is 29.8 Å². The largest absolute Gasteiger partial charge is 0.411 e. The van der Waals surface area contributed by atoms with Crippen molar-refractivity contribution in [2.45, 2.75) is 25.9 Å². The topological polar surface area (TPSA) is 65.7 Å². The number of pyridine rings is 1. The summed E-state index contributed by atoms with van der Waals surface area (Å²) in [6.45, 7) is 1.95. The lowest BCUT2D eigenvalue weighted by molar-refractivity contribution is 0.282. The van der Waals surface area contributed by atoms with Crippen LogP contribution in [0.1, 0.15) is 40.3 Å². The lowest BCUT2D eigenvalue weighted by Crippen LogP contribution is -2.09. The molecule has 1 aromatic heterocycles. The third kappa shape index (κ3) is 2.78. The average molecular weight is 344 g/mol. The summed E-state index contributed by atoms with van der Waals surface area (Å²) in [5.74, 6) is 0.119. The van der Waals surface area contributed by atoms with E-state index in [1.165, 1.54) is 16.7 Å². The maximum absolute atomic E-state index is 9.64. The average Bonchev–Trinajstić information content (AvgIpc) is 2.99. The standard InChI is InChI=1S/C22H20N2O2/c1-14-10-16(8-9-23-14)22(24-26)12-21-18-5-3-2-4-17(18)20-11-15(13-25)6-7-19(20)21/h2-11,21,25-26H,12-13H2,1H3/b24-22+. The molecule has 3 aromatic rings. The first-order valence-electron chi connectivity index (χ1n) is 8.68. The molecule has 0 saturated heterocycles. The minimum atomic E-state index is 0.0275. The highest BCUT2D eigenvalue weighted by molar-refractivity contribution is 6.01. The molecule has 130 valence electrons. The fourth-order valence-electron chi connectivity index (χ4n) is 3.81. The first-order chi connectivity index (χ1) is 12.7. The van der Waals surface area contributed by atoms with Crippen molar-refractivity contribution in [3.8, 4) is 11.1 Å². The maximum Gasteiger partial charge on any atom is 0.0878 e. The molecule has 2 N–H and O–H groups in total. The molecule has 4 rings (SSSR count). The first kappa shape index (κ1) is 16.5. The van der Waals surface area contributed by atoms with Crippen molar-refractivity contribution in [2.24, 2.45) is 5.16 Å². The summed E-state index contributed by atoms with van der Waals surface area (Å²) in [4.78, 5) is 4.22. The second-order valence-corrected chi connectivity index (χ2v) is 6.66. The Balaban J connectivity index is 1.77. The summed E-state index contributed by atoms with van der Waals surface area (Å²) in [7, 11) is 0. The molecule has 0 aliphatic heterocycles. The normalized spacial score (nSPS) is 15.6. The van der Waals surface area contributed by atoms with E-state index in [-0.39, 0.29) is 12.5 Å². The summed E-state index contributed by atoms with van der Waals surface area (Å²) >= 11 is 0. The number of nitrogens with zero attached hydrogens (tertiary/aromatic N) is 2. The quantitative estimate of drug-likeness (QED) is 0.422. The molecule has 4 heteroatoms. The van der Waals surface area contributed by atoms with Crippen LogP contribution < -0.4 is 0 Å². The van der Waals surface area contributed by atoms with Crippen LogP contribution >= 0.6 is 0 Å². The number of hydrogen-bond acceptors (Lipinski definition) is 4. The Morgan fingerprint density at radius 1 is 1.04 bits per heavy atom. The lowest BCUT2D eigenvalue weighted by Gasteiger charge is -2.15. The smallest absolute Gasteiger partial charge is 0.0878 e. The zero-order chi connectivity index (χ0) is 18.1. The van der Waals surface area contributed by atoms with E-state index in [1.807, 2.05) is 37.3 Å². The van der Waals surface area contributed by atoms with Gasteiger partial charge in [-0.05, 0) is 52.9 Å². The van der Waals surface area contributed by atoms with E-state index in [2.05, 4.69) is 34.4 Å². The summed E-state index contributed by atoms with van der Waals surface area (Å²) < 4.78 is 0. The van der Waals surface area contributed by atoms with Crippen LogP contribution in [0.25, 0.3) is 11.1 Å². The van der Waals surface area contributed by atoms with Crippen molar-refractivity contribution in [1.29, 1.82) is 0 Å². The van der Waals surface area contributed by atoms with Crippen LogP contribution in [-0.2, 0) is 6.61 Å². The van der Waals surface area contributed by atoms with Crippen molar-refractivity contribution >= 4 is 5.71 Å². The SMILES string of the molecule is Cc1cc(/C(CC2c3ccccc3-c3cc(CO)ccc32)=N/O)ccn1. The third-order valence-electron chi connectivity index (χ3n) is 5.05. The molecule has 2 aromatic carbocycles. The molecule has 0 amide bonds. The third-order valence-corrected chi connectivity index (χ3v) is 5.05. The van der Waals surface area contributed by atoms with Crippen LogP contribution in [0.4, 0.5) is 0 Å². The molecular formula is C22H20N2O2. The van der Waals surface area contributed by atoms with Crippen LogP contribution in [0.2, 0.25) is 0 Å². The predicted molar refractivity (Wildman–Crippen MR) is 102 cm³/mol. The number of benzene rings is 2. The van der Waals surface area contributed by atoms with Gasteiger partial charge in [-0.25, -0.2) is 0 Å². The Bertz CT molecular complexity index is 995. The Morgan fingerprint density at radius 3 is 2.62 bits per heavy atom. The van der Waals surface area contributed by atoms with Crippen LogP contribution in [0.15, 0.2) is 65.9 Å². The Morgan fingerprint density at radius 2 is 1.85 bits per heavy atom. The fourth-order valence-corrected chi connectivity index (χ4v) is 3.81. The van der Waals surface area contributed by atoms with Gasteiger partial charge in [0.15, 0.2) is 0 Å². The van der Waals surface area contributed by atoms with Gasteiger partial charge >= 0.3 is 0 Å². The van der Waals surface area contributed by atoms with Crippen molar-refractivity contribution in [3.63, 3.8) is 0 Å². The number of aliphatic hydroxyl groups excluding tert-OH is 1. The molecule has 1 unspecified atom stereocenters. The Labute approximate surface area is 152 Å². The second kappa shape index (κ2) is 6.73. The minimum Gasteiger partial charge on any atom is -0.411 e. The summed E-state index contributed by atoms with van der Waals surface area (Å²) in [6, 6.07) is 18.2. The van der Waals surface area contributed by atoms with Gasteiger partial charge in [0.05, 0.1) is 12.3 Å². The molecule has 1 heterocycles. The van der Waals surface area contributed by atoms with Gasteiger partial charge < -0.3 is 10.3 Å². The zero-order valence-corrected chi connectivity index (χ0v) is 14.6. The maximum atomic E-state index is 9.64. The molecule has 0 fully saturated rings. The van der Waals surface area contributed by atoms with Gasteiger partial charge in [0.2, 0.25) is 0 Å². The number of aromatic nitrogens is 1. The molecule has 1 aliphatic rings. The van der Waals surface area contributed by atoms with Gasteiger partial charge in [-0.2, -0.15) is 0 Å². The van der Waals surface area contributed by atoms with Crippen molar-refractivity contribution < 1.29 is 10.3 Å². The molecule has 0 spiro atoms. The van der Waals surface area contributed by atoms with E-state index in [1.54, 1.807) is 6.20 Å². The highest BCUT2D eigenvalue weighted by atomic mass is 16.4. The van der Waals surface area contributed by atoms with Crippen LogP contribution in [-0.4, -0.2) is 21.0 Å². The number of aryl methyl sites for hydroxylation is 1. The number of fused-ring (bicyclic) bond motifs is 3. The van der Waals surface area contributed by atoms with E-state index in [0.29, 0.717) is 12.1 Å². The van der Waals surface area contributed by atoms with E-state index in [0.717, 1.165) is 22.4 Å². The number of rotatable bonds is 4. The van der Waals surface area contributed by atoms with Gasteiger partial charge in [-0.3, -0.25) is 4.98 Å². The van der Waals surface area contributed by atoms with Crippen LogP contribution in [0.3, 0.4) is 0 Å². The van der Waals surface area contributed by atoms with Gasteiger partial charge in [-0.15, -0.1) is 0 Å². The lowest BCUT2D eigenvalue weighted by atomic mass is 9.89. The molecule has 26 heavy (non-hydrogen) atoms. The molecule has 1 aliphatic carbocycles. The van der Waals surface area contributed by atoms with E-state index in [9.17, 15) is 10.3 Å². The van der Waals surface area contributed by atoms with E-state index in [4.69, 9.17) is 0 Å². The number of aliphatic hydroxyl groups is 1. The Hall–Kier alpha value is -2.98. The van der Waals surface area contributed by atoms with Crippen LogP contribution in [0, 0.1) is 6.92 Å². The first-order valence-corrected chi connectivity index (χ1v) is 8.68. The number of hydrogen-bond donors (Lipinski definition) is 2. The van der Waals surface area contributed by atoms with E-state index < -0.39 is 0 Å². The van der Waals surface area contributed by atoms with Crippen molar-refractivity contribution in [1.82, 2.24) is 4.98 Å². The molecule has 0 radical (unpaired) electrons. The zero-order valence-electron chi connectivity index (χ0n) is 14.6. The highest BCUT2D eigenvalue weighted by Crippen LogP contribution is 2.47. The molecule has 0 bridgehead atoms. The van der Waals surface area contributed by atoms with Crippen molar-refractivity contribution in [2.75, 3.05) is 0 Å². The summed E-state index contributed by atoms with van der Waals surface area (Å²) in [5, 5.41) is 22.7. The van der Waals surface area contributed by atoms with Gasteiger partial charge in [0.1, 0.15) is 0 Å². The molecule has 4 nitrogen and oxygen atoms in total. The minimum absolute atomic E-state index is 0.0275. The monoisotopic (exact) mass is 344 g/mol. The summed E-state index contributed by atoms with van der Waals surface area (Å²) in [5.41, 5.74) is 8.10. The second-order valence-electron chi connectivity index (χ2n) is 6.66.